The van der Waals surface area contributed by atoms with Crippen LogP contribution in [-0.4, -0.2) is 44.5 Å². The Kier molecular flexibility index (Phi) is 5.04. The van der Waals surface area contributed by atoms with Crippen molar-refractivity contribution in [2.24, 2.45) is 0 Å². The van der Waals surface area contributed by atoms with Gasteiger partial charge in [0.1, 0.15) is 17.9 Å². The molecule has 9 heteroatoms. The SMILES string of the molecule is CCOc1ncc(CCNC(=O)c2c(C)oc3ncnc(NC4(C)CC4)c23)cn1. The zero-order valence-corrected chi connectivity index (χ0v) is 16.8. The molecule has 0 aliphatic heterocycles. The first-order valence-corrected chi connectivity index (χ1v) is 9.73. The van der Waals surface area contributed by atoms with E-state index < -0.39 is 0 Å². The van der Waals surface area contributed by atoms with Crippen LogP contribution in [0.15, 0.2) is 23.1 Å². The fourth-order valence-corrected chi connectivity index (χ4v) is 3.10. The van der Waals surface area contributed by atoms with E-state index in [9.17, 15) is 4.79 Å². The van der Waals surface area contributed by atoms with Crippen LogP contribution >= 0.6 is 0 Å². The zero-order valence-electron chi connectivity index (χ0n) is 16.8. The lowest BCUT2D eigenvalue weighted by atomic mass is 10.1. The minimum atomic E-state index is -0.216. The third-order valence-corrected chi connectivity index (χ3v) is 4.97. The van der Waals surface area contributed by atoms with E-state index in [0.717, 1.165) is 18.4 Å². The van der Waals surface area contributed by atoms with E-state index in [1.807, 2.05) is 6.92 Å². The number of hydrogen-bond acceptors (Lipinski definition) is 8. The summed E-state index contributed by atoms with van der Waals surface area (Å²) < 4.78 is 10.9. The van der Waals surface area contributed by atoms with Crippen molar-refractivity contribution in [3.8, 4) is 6.01 Å². The van der Waals surface area contributed by atoms with Gasteiger partial charge in [0.2, 0.25) is 5.71 Å². The van der Waals surface area contributed by atoms with Crippen molar-refractivity contribution < 1.29 is 13.9 Å². The van der Waals surface area contributed by atoms with Crippen molar-refractivity contribution in [2.75, 3.05) is 18.5 Å². The summed E-state index contributed by atoms with van der Waals surface area (Å²) in [6.45, 7) is 6.74. The number of nitrogens with one attached hydrogen (secondary N) is 2. The number of aromatic nitrogens is 4. The molecule has 2 N–H and O–H groups in total. The molecule has 3 heterocycles. The van der Waals surface area contributed by atoms with Gasteiger partial charge in [0.15, 0.2) is 0 Å². The van der Waals surface area contributed by atoms with Crippen LogP contribution in [0, 0.1) is 6.92 Å². The van der Waals surface area contributed by atoms with Crippen LogP contribution in [0.4, 0.5) is 5.82 Å². The van der Waals surface area contributed by atoms with Gasteiger partial charge in [0, 0.05) is 24.5 Å². The van der Waals surface area contributed by atoms with E-state index in [1.165, 1.54) is 6.33 Å². The van der Waals surface area contributed by atoms with Gasteiger partial charge < -0.3 is 19.8 Å². The minimum absolute atomic E-state index is 0.0217. The van der Waals surface area contributed by atoms with Crippen molar-refractivity contribution in [1.82, 2.24) is 25.3 Å². The maximum Gasteiger partial charge on any atom is 0.316 e. The van der Waals surface area contributed by atoms with Crippen molar-refractivity contribution in [1.29, 1.82) is 0 Å². The highest BCUT2D eigenvalue weighted by Crippen LogP contribution is 2.40. The first-order chi connectivity index (χ1) is 14.0. The van der Waals surface area contributed by atoms with Crippen LogP contribution < -0.4 is 15.4 Å². The summed E-state index contributed by atoms with van der Waals surface area (Å²) in [5.74, 6) is 0.940. The second-order valence-corrected chi connectivity index (χ2v) is 7.43. The third-order valence-electron chi connectivity index (χ3n) is 4.97. The van der Waals surface area contributed by atoms with Gasteiger partial charge in [0.25, 0.3) is 5.91 Å². The van der Waals surface area contributed by atoms with Gasteiger partial charge in [-0.1, -0.05) is 0 Å². The van der Waals surface area contributed by atoms with E-state index in [2.05, 4.69) is 37.5 Å². The van der Waals surface area contributed by atoms with Gasteiger partial charge in [-0.05, 0) is 45.6 Å². The number of anilines is 1. The molecule has 152 valence electrons. The first-order valence-electron chi connectivity index (χ1n) is 9.73. The largest absolute Gasteiger partial charge is 0.464 e. The Hall–Kier alpha value is -3.23. The lowest BCUT2D eigenvalue weighted by Crippen LogP contribution is -2.26. The maximum absolute atomic E-state index is 12.9. The Morgan fingerprint density at radius 1 is 1.24 bits per heavy atom. The van der Waals surface area contributed by atoms with E-state index in [0.29, 0.717) is 53.8 Å². The number of amides is 1. The van der Waals surface area contributed by atoms with Crippen molar-refractivity contribution in [3.05, 3.63) is 35.6 Å². The number of fused-ring (bicyclic) bond motifs is 1. The summed E-state index contributed by atoms with van der Waals surface area (Å²) in [4.78, 5) is 29.7. The molecule has 0 bridgehead atoms. The van der Waals surface area contributed by atoms with Gasteiger partial charge in [-0.2, -0.15) is 0 Å². The van der Waals surface area contributed by atoms with Gasteiger partial charge in [0.05, 0.1) is 17.6 Å². The van der Waals surface area contributed by atoms with Crippen molar-refractivity contribution >= 4 is 22.8 Å². The monoisotopic (exact) mass is 396 g/mol. The maximum atomic E-state index is 12.9. The first kappa shape index (κ1) is 19.1. The molecule has 0 spiro atoms. The normalized spacial score (nSPS) is 14.6. The number of hydrogen-bond donors (Lipinski definition) is 2. The van der Waals surface area contributed by atoms with E-state index in [1.54, 1.807) is 19.3 Å². The molecule has 29 heavy (non-hydrogen) atoms. The highest BCUT2D eigenvalue weighted by Gasteiger charge is 2.38. The predicted octanol–water partition coefficient (Wildman–Crippen LogP) is 2.66. The molecule has 1 aliphatic carbocycles. The third kappa shape index (κ3) is 4.13. The van der Waals surface area contributed by atoms with Crippen molar-refractivity contribution in [2.45, 2.75) is 45.6 Å². The topological polar surface area (TPSA) is 115 Å². The fourth-order valence-electron chi connectivity index (χ4n) is 3.10. The molecule has 3 aromatic rings. The van der Waals surface area contributed by atoms with Crippen LogP contribution in [-0.2, 0) is 6.42 Å². The van der Waals surface area contributed by atoms with Crippen LogP contribution in [0.2, 0.25) is 0 Å². The Morgan fingerprint density at radius 2 is 2.00 bits per heavy atom. The molecular formula is C20H24N6O3. The van der Waals surface area contributed by atoms with Gasteiger partial charge in [-0.15, -0.1) is 0 Å². The van der Waals surface area contributed by atoms with E-state index in [4.69, 9.17) is 9.15 Å². The number of rotatable bonds is 8. The molecule has 3 aromatic heterocycles. The van der Waals surface area contributed by atoms with Gasteiger partial charge >= 0.3 is 6.01 Å². The number of carbonyl (C=O) groups excluding carboxylic acids is 1. The second-order valence-electron chi connectivity index (χ2n) is 7.43. The van der Waals surface area contributed by atoms with Crippen LogP contribution in [0.1, 0.15) is 48.4 Å². The Labute approximate surface area is 168 Å². The summed E-state index contributed by atoms with van der Waals surface area (Å²) >= 11 is 0. The molecule has 4 rings (SSSR count). The predicted molar refractivity (Wildman–Crippen MR) is 107 cm³/mol. The molecule has 0 saturated heterocycles. The highest BCUT2D eigenvalue weighted by atomic mass is 16.5. The summed E-state index contributed by atoms with van der Waals surface area (Å²) in [6, 6.07) is 0.352. The highest BCUT2D eigenvalue weighted by molar-refractivity contribution is 6.10. The Bertz CT molecular complexity index is 1030. The van der Waals surface area contributed by atoms with Crippen LogP contribution in [0.5, 0.6) is 6.01 Å². The standard InChI is InChI=1S/C20H24N6O3/c1-4-28-19-22-9-13(10-23-19)5-8-21-17(27)14-12(2)29-18-15(14)16(24-11-25-18)26-20(3)6-7-20/h9-11H,4-8H2,1-3H3,(H,21,27)(H,24,25,26). The summed E-state index contributed by atoms with van der Waals surface area (Å²) in [7, 11) is 0. The minimum Gasteiger partial charge on any atom is -0.464 e. The zero-order chi connectivity index (χ0) is 20.4. The smallest absolute Gasteiger partial charge is 0.316 e. The molecule has 0 atom stereocenters. The van der Waals surface area contributed by atoms with Crippen molar-refractivity contribution in [3.63, 3.8) is 0 Å². The molecule has 1 amide bonds. The number of aryl methyl sites for hydroxylation is 1. The van der Waals surface area contributed by atoms with Gasteiger partial charge in [-0.3, -0.25) is 4.79 Å². The lowest BCUT2D eigenvalue weighted by molar-refractivity contribution is 0.0954. The molecule has 1 fully saturated rings. The fraction of sp³-hybridized carbons (Fsp3) is 0.450. The van der Waals surface area contributed by atoms with Crippen LogP contribution in [0.3, 0.4) is 0 Å². The molecule has 1 saturated carbocycles. The molecule has 0 unspecified atom stereocenters. The molecule has 0 radical (unpaired) electrons. The summed E-state index contributed by atoms with van der Waals surface area (Å²) in [6.07, 6.45) is 7.60. The number of nitrogens with zero attached hydrogens (tertiary/aromatic N) is 4. The Morgan fingerprint density at radius 3 is 2.69 bits per heavy atom. The number of carbonyl (C=O) groups is 1. The molecule has 0 aromatic carbocycles. The molecule has 9 nitrogen and oxygen atoms in total. The summed E-state index contributed by atoms with van der Waals surface area (Å²) in [5.41, 5.74) is 1.81. The Balaban J connectivity index is 1.47. The lowest BCUT2D eigenvalue weighted by Gasteiger charge is -2.13. The molecule has 1 aliphatic rings. The quantitative estimate of drug-likeness (QED) is 0.597. The van der Waals surface area contributed by atoms with E-state index in [-0.39, 0.29) is 11.4 Å². The van der Waals surface area contributed by atoms with Gasteiger partial charge in [-0.25, -0.2) is 19.9 Å². The average Bonchev–Trinajstić information content (AvgIpc) is 3.31. The number of ether oxygens (including phenoxy) is 1. The van der Waals surface area contributed by atoms with Crippen LogP contribution in [0.25, 0.3) is 11.1 Å². The van der Waals surface area contributed by atoms with E-state index >= 15 is 0 Å². The summed E-state index contributed by atoms with van der Waals surface area (Å²) in [5, 5.41) is 6.99. The second kappa shape index (κ2) is 7.65. The molecular weight excluding hydrogens is 372 g/mol. The average molecular weight is 396 g/mol. The number of furan rings is 1.